The molecule has 0 atom stereocenters. The van der Waals surface area contributed by atoms with Gasteiger partial charge in [-0.05, 0) is 0 Å². The molecule has 0 radical (unpaired) electrons. The summed E-state index contributed by atoms with van der Waals surface area (Å²) in [5.74, 6) is -1.38. The number of rotatable bonds is 8. The van der Waals surface area contributed by atoms with Crippen LogP contribution >= 0.6 is 0 Å². The van der Waals surface area contributed by atoms with Crippen molar-refractivity contribution in [1.82, 2.24) is 10.2 Å². The molecule has 0 fully saturated rings. The SMILES string of the molecule is COCCN(CCOC)C(=O)C(=O)NCCO. The van der Waals surface area contributed by atoms with Crippen LogP contribution in [0.4, 0.5) is 0 Å². The van der Waals surface area contributed by atoms with Gasteiger partial charge in [-0.15, -0.1) is 0 Å². The molecular weight excluding hydrogens is 228 g/mol. The van der Waals surface area contributed by atoms with Gasteiger partial charge in [0.1, 0.15) is 0 Å². The predicted octanol–water partition coefficient (Wildman–Crippen LogP) is -1.78. The van der Waals surface area contributed by atoms with Crippen LogP contribution in [0.15, 0.2) is 0 Å². The molecule has 0 spiro atoms. The monoisotopic (exact) mass is 248 g/mol. The first-order chi connectivity index (χ1) is 8.17. The van der Waals surface area contributed by atoms with E-state index in [0.29, 0.717) is 26.3 Å². The van der Waals surface area contributed by atoms with E-state index < -0.39 is 11.8 Å². The van der Waals surface area contributed by atoms with E-state index in [-0.39, 0.29) is 13.2 Å². The van der Waals surface area contributed by atoms with Gasteiger partial charge in [-0.2, -0.15) is 0 Å². The lowest BCUT2D eigenvalue weighted by Gasteiger charge is -2.21. The highest BCUT2D eigenvalue weighted by atomic mass is 16.5. The average molecular weight is 248 g/mol. The third-order valence-electron chi connectivity index (χ3n) is 2.01. The Balaban J connectivity index is 4.23. The first-order valence-electron chi connectivity index (χ1n) is 5.33. The number of nitrogens with one attached hydrogen (secondary N) is 1. The van der Waals surface area contributed by atoms with Crippen molar-refractivity contribution in [2.45, 2.75) is 0 Å². The van der Waals surface area contributed by atoms with Gasteiger partial charge in [0.2, 0.25) is 0 Å². The van der Waals surface area contributed by atoms with Crippen LogP contribution in [0, 0.1) is 0 Å². The smallest absolute Gasteiger partial charge is 0.312 e. The fourth-order valence-electron chi connectivity index (χ4n) is 1.11. The third-order valence-corrected chi connectivity index (χ3v) is 2.01. The molecule has 7 heteroatoms. The summed E-state index contributed by atoms with van der Waals surface area (Å²) in [6, 6.07) is 0. The van der Waals surface area contributed by atoms with Crippen molar-refractivity contribution in [3.05, 3.63) is 0 Å². The Morgan fingerprint density at radius 2 is 1.71 bits per heavy atom. The van der Waals surface area contributed by atoms with Gasteiger partial charge in [0, 0.05) is 33.9 Å². The number of carbonyl (C=O) groups is 2. The van der Waals surface area contributed by atoms with Crippen molar-refractivity contribution >= 4 is 11.8 Å². The Morgan fingerprint density at radius 3 is 2.12 bits per heavy atom. The summed E-state index contributed by atoms with van der Waals surface area (Å²) in [6.07, 6.45) is 0. The van der Waals surface area contributed by atoms with Gasteiger partial charge in [-0.25, -0.2) is 0 Å². The molecule has 0 rings (SSSR count). The number of amides is 2. The standard InChI is InChI=1S/C10H20N2O5/c1-16-7-4-12(5-8-17-2)10(15)9(14)11-3-6-13/h13H,3-8H2,1-2H3,(H,11,14). The minimum atomic E-state index is -0.730. The Morgan fingerprint density at radius 1 is 1.18 bits per heavy atom. The molecule has 0 unspecified atom stereocenters. The van der Waals surface area contributed by atoms with Crippen molar-refractivity contribution in [3.8, 4) is 0 Å². The topological polar surface area (TPSA) is 88.1 Å². The fourth-order valence-corrected chi connectivity index (χ4v) is 1.11. The van der Waals surface area contributed by atoms with Gasteiger partial charge in [0.15, 0.2) is 0 Å². The lowest BCUT2D eigenvalue weighted by atomic mass is 10.4. The first-order valence-corrected chi connectivity index (χ1v) is 5.33. The summed E-state index contributed by atoms with van der Waals surface area (Å²) >= 11 is 0. The quantitative estimate of drug-likeness (QED) is 0.496. The second-order valence-corrected chi connectivity index (χ2v) is 3.26. The molecule has 0 saturated heterocycles. The van der Waals surface area contributed by atoms with E-state index in [4.69, 9.17) is 14.6 Å². The van der Waals surface area contributed by atoms with Crippen LogP contribution in [0.25, 0.3) is 0 Å². The molecule has 0 aliphatic heterocycles. The Bertz CT molecular complexity index is 227. The van der Waals surface area contributed by atoms with Crippen molar-refractivity contribution in [2.75, 3.05) is 53.7 Å². The van der Waals surface area contributed by atoms with Gasteiger partial charge >= 0.3 is 11.8 Å². The molecule has 2 N–H and O–H groups in total. The zero-order valence-electron chi connectivity index (χ0n) is 10.3. The second-order valence-electron chi connectivity index (χ2n) is 3.26. The maximum Gasteiger partial charge on any atom is 0.312 e. The minimum Gasteiger partial charge on any atom is -0.395 e. The van der Waals surface area contributed by atoms with Gasteiger partial charge in [-0.1, -0.05) is 0 Å². The summed E-state index contributed by atoms with van der Waals surface area (Å²) in [5.41, 5.74) is 0. The first kappa shape index (κ1) is 15.8. The van der Waals surface area contributed by atoms with Crippen molar-refractivity contribution < 1.29 is 24.2 Å². The van der Waals surface area contributed by atoms with Crippen LogP contribution in [-0.2, 0) is 19.1 Å². The number of hydrogen-bond donors (Lipinski definition) is 2. The summed E-state index contributed by atoms with van der Waals surface area (Å²) in [7, 11) is 3.04. The number of aliphatic hydroxyl groups excluding tert-OH is 1. The third kappa shape index (κ3) is 6.88. The Labute approximate surface area is 101 Å². The van der Waals surface area contributed by atoms with Crippen LogP contribution in [-0.4, -0.2) is 75.5 Å². The lowest BCUT2D eigenvalue weighted by Crippen LogP contribution is -2.46. The molecule has 2 amide bonds. The predicted molar refractivity (Wildman–Crippen MR) is 60.4 cm³/mol. The van der Waals surface area contributed by atoms with E-state index in [1.807, 2.05) is 0 Å². The molecule has 0 heterocycles. The highest BCUT2D eigenvalue weighted by molar-refractivity contribution is 6.35. The number of methoxy groups -OCH3 is 2. The molecule has 0 bridgehead atoms. The van der Waals surface area contributed by atoms with E-state index in [2.05, 4.69) is 5.32 Å². The normalized spacial score (nSPS) is 10.1. The van der Waals surface area contributed by atoms with E-state index in [9.17, 15) is 9.59 Å². The molecule has 100 valence electrons. The summed E-state index contributed by atoms with van der Waals surface area (Å²) in [4.78, 5) is 24.4. The second kappa shape index (κ2) is 10.0. The summed E-state index contributed by atoms with van der Waals surface area (Å²) < 4.78 is 9.71. The molecule has 0 aliphatic carbocycles. The van der Waals surface area contributed by atoms with E-state index in [1.54, 1.807) is 0 Å². The van der Waals surface area contributed by atoms with Gasteiger partial charge in [-0.3, -0.25) is 9.59 Å². The largest absolute Gasteiger partial charge is 0.395 e. The zero-order valence-corrected chi connectivity index (χ0v) is 10.3. The minimum absolute atomic E-state index is 0.0625. The molecular formula is C10H20N2O5. The lowest BCUT2D eigenvalue weighted by molar-refractivity contribution is -0.146. The number of nitrogens with zero attached hydrogens (tertiary/aromatic N) is 1. The summed E-state index contributed by atoms with van der Waals surface area (Å²) in [5, 5.41) is 10.8. The highest BCUT2D eigenvalue weighted by Gasteiger charge is 2.20. The van der Waals surface area contributed by atoms with Crippen LogP contribution in [0.3, 0.4) is 0 Å². The van der Waals surface area contributed by atoms with E-state index in [1.165, 1.54) is 19.1 Å². The number of ether oxygens (including phenoxy) is 2. The van der Waals surface area contributed by atoms with Crippen molar-refractivity contribution in [2.24, 2.45) is 0 Å². The fraction of sp³-hybridized carbons (Fsp3) is 0.800. The molecule has 0 aromatic heterocycles. The van der Waals surface area contributed by atoms with E-state index >= 15 is 0 Å². The van der Waals surface area contributed by atoms with Gasteiger partial charge < -0.3 is 24.8 Å². The highest BCUT2D eigenvalue weighted by Crippen LogP contribution is 1.91. The Kier molecular flexibility index (Phi) is 9.31. The number of carbonyl (C=O) groups excluding carboxylic acids is 2. The van der Waals surface area contributed by atoms with Crippen LogP contribution < -0.4 is 5.32 Å². The van der Waals surface area contributed by atoms with Crippen molar-refractivity contribution in [1.29, 1.82) is 0 Å². The van der Waals surface area contributed by atoms with Gasteiger partial charge in [0.25, 0.3) is 0 Å². The van der Waals surface area contributed by atoms with Crippen LogP contribution in [0.1, 0.15) is 0 Å². The molecule has 17 heavy (non-hydrogen) atoms. The zero-order chi connectivity index (χ0) is 13.1. The molecule has 0 aliphatic rings. The van der Waals surface area contributed by atoms with Crippen LogP contribution in [0.2, 0.25) is 0 Å². The summed E-state index contributed by atoms with van der Waals surface area (Å²) in [6.45, 7) is 1.21. The van der Waals surface area contributed by atoms with E-state index in [0.717, 1.165) is 0 Å². The average Bonchev–Trinajstić information content (AvgIpc) is 2.35. The number of hydrogen-bond acceptors (Lipinski definition) is 5. The molecule has 0 aromatic carbocycles. The molecule has 7 nitrogen and oxygen atoms in total. The number of aliphatic hydroxyl groups is 1. The van der Waals surface area contributed by atoms with Gasteiger partial charge in [0.05, 0.1) is 19.8 Å². The van der Waals surface area contributed by atoms with Crippen LogP contribution in [0.5, 0.6) is 0 Å². The molecule has 0 aromatic rings. The molecule has 0 saturated carbocycles. The maximum atomic E-state index is 11.7. The Hall–Kier alpha value is -1.18. The maximum absolute atomic E-state index is 11.7. The van der Waals surface area contributed by atoms with Crippen molar-refractivity contribution in [3.63, 3.8) is 0 Å².